The second kappa shape index (κ2) is 8.28. The van der Waals surface area contributed by atoms with Crippen molar-refractivity contribution in [3.63, 3.8) is 0 Å². The first-order chi connectivity index (χ1) is 12.6. The zero-order valence-corrected chi connectivity index (χ0v) is 15.5. The van der Waals surface area contributed by atoms with Crippen LogP contribution < -0.4 is 9.64 Å². The number of carbonyl (C=O) groups is 1. The molecule has 2 rings (SSSR count). The Bertz CT molecular complexity index is 807. The van der Waals surface area contributed by atoms with Gasteiger partial charge in [0.25, 0.3) is 0 Å². The molecule has 0 aliphatic carbocycles. The summed E-state index contributed by atoms with van der Waals surface area (Å²) >= 11 is 0. The lowest BCUT2D eigenvalue weighted by Gasteiger charge is -2.19. The van der Waals surface area contributed by atoms with Gasteiger partial charge in [-0.05, 0) is 37.6 Å². The number of nitrogens with zero attached hydrogens (tertiary/aromatic N) is 2. The maximum absolute atomic E-state index is 13.1. The Kier molecular flexibility index (Phi) is 6.30. The number of hydrogen-bond acceptors (Lipinski definition) is 5. The number of carbonyl (C=O) groups excluding carboxylic acids is 1. The van der Waals surface area contributed by atoms with E-state index in [1.807, 2.05) is 0 Å². The fourth-order valence-corrected chi connectivity index (χ4v) is 2.43. The number of anilines is 1. The third-order valence-corrected chi connectivity index (χ3v) is 3.69. The van der Waals surface area contributed by atoms with Gasteiger partial charge in [-0.2, -0.15) is 13.2 Å². The van der Waals surface area contributed by atoms with Gasteiger partial charge in [-0.1, -0.05) is 12.1 Å². The number of ether oxygens (including phenoxy) is 2. The van der Waals surface area contributed by atoms with Gasteiger partial charge in [0, 0.05) is 25.9 Å². The van der Waals surface area contributed by atoms with Crippen molar-refractivity contribution in [1.82, 2.24) is 4.98 Å². The Hall–Kier alpha value is -2.77. The van der Waals surface area contributed by atoms with Crippen molar-refractivity contribution in [3.8, 4) is 16.9 Å². The van der Waals surface area contributed by atoms with E-state index < -0.39 is 23.8 Å². The fourth-order valence-electron chi connectivity index (χ4n) is 2.43. The van der Waals surface area contributed by atoms with Gasteiger partial charge in [0.05, 0.1) is 12.2 Å². The lowest BCUT2D eigenvalue weighted by molar-refractivity contribution is -0.150. The molecule has 8 heteroatoms. The van der Waals surface area contributed by atoms with E-state index in [1.165, 1.54) is 0 Å². The molecule has 0 saturated heterocycles. The monoisotopic (exact) mass is 382 g/mol. The first kappa shape index (κ1) is 20.5. The summed E-state index contributed by atoms with van der Waals surface area (Å²) in [4.78, 5) is 17.3. The molecule has 0 bridgehead atoms. The molecule has 0 radical (unpaired) electrons. The van der Waals surface area contributed by atoms with Crippen LogP contribution in [0.3, 0.4) is 0 Å². The summed E-state index contributed by atoms with van der Waals surface area (Å²) in [5.74, 6) is 0.214. The minimum Gasteiger partial charge on any atom is -0.479 e. The highest BCUT2D eigenvalue weighted by Crippen LogP contribution is 2.36. The smallest absolute Gasteiger partial charge is 0.417 e. The third kappa shape index (κ3) is 5.12. The summed E-state index contributed by atoms with van der Waals surface area (Å²) < 4.78 is 49.7. The van der Waals surface area contributed by atoms with Crippen LogP contribution in [-0.4, -0.2) is 37.8 Å². The van der Waals surface area contributed by atoms with Gasteiger partial charge in [0.15, 0.2) is 6.10 Å². The van der Waals surface area contributed by atoms with Gasteiger partial charge in [-0.25, -0.2) is 9.78 Å². The molecule has 2 aromatic rings. The number of pyridine rings is 1. The van der Waals surface area contributed by atoms with Gasteiger partial charge in [-0.3, -0.25) is 0 Å². The molecule has 0 amide bonds. The predicted octanol–water partition coefficient (Wildman–Crippen LogP) is 4.16. The summed E-state index contributed by atoms with van der Waals surface area (Å²) in [5, 5.41) is 0. The standard InChI is InChI=1S/C19H21F3N2O3/c1-5-26-18(25)12(2)27-15-8-6-7-13(9-15)16-10-14(19(20,21)22)11-23-17(16)24(3)4/h6-12H,5H2,1-4H3. The molecular formula is C19H21F3N2O3. The lowest BCUT2D eigenvalue weighted by Crippen LogP contribution is -2.26. The number of benzene rings is 1. The van der Waals surface area contributed by atoms with E-state index in [1.54, 1.807) is 57.1 Å². The van der Waals surface area contributed by atoms with Crippen LogP contribution in [-0.2, 0) is 15.7 Å². The molecule has 0 aliphatic rings. The summed E-state index contributed by atoms with van der Waals surface area (Å²) in [6, 6.07) is 7.54. The second-order valence-corrected chi connectivity index (χ2v) is 6.03. The van der Waals surface area contributed by atoms with Crippen molar-refractivity contribution in [2.24, 2.45) is 0 Å². The van der Waals surface area contributed by atoms with E-state index in [0.717, 1.165) is 12.3 Å². The normalized spacial score (nSPS) is 12.4. The van der Waals surface area contributed by atoms with Crippen LogP contribution in [0.5, 0.6) is 5.75 Å². The van der Waals surface area contributed by atoms with Crippen molar-refractivity contribution in [2.75, 3.05) is 25.6 Å². The topological polar surface area (TPSA) is 51.7 Å². The van der Waals surface area contributed by atoms with E-state index in [2.05, 4.69) is 4.98 Å². The van der Waals surface area contributed by atoms with Crippen LogP contribution in [0, 0.1) is 0 Å². The molecule has 146 valence electrons. The highest BCUT2D eigenvalue weighted by atomic mass is 19.4. The number of halogens is 3. The van der Waals surface area contributed by atoms with Crippen LogP contribution in [0.1, 0.15) is 19.4 Å². The molecule has 0 spiro atoms. The minimum atomic E-state index is -4.50. The van der Waals surface area contributed by atoms with Crippen molar-refractivity contribution in [1.29, 1.82) is 0 Å². The number of esters is 1. The maximum atomic E-state index is 13.1. The zero-order valence-electron chi connectivity index (χ0n) is 15.5. The Labute approximate surface area is 155 Å². The molecule has 0 aliphatic heterocycles. The number of rotatable bonds is 6. The summed E-state index contributed by atoms with van der Waals surface area (Å²) in [7, 11) is 3.39. The Morgan fingerprint density at radius 1 is 1.26 bits per heavy atom. The molecule has 0 fully saturated rings. The largest absolute Gasteiger partial charge is 0.479 e. The molecule has 1 heterocycles. The van der Waals surface area contributed by atoms with Crippen LogP contribution in [0.15, 0.2) is 36.5 Å². The van der Waals surface area contributed by atoms with Gasteiger partial charge in [-0.15, -0.1) is 0 Å². The highest BCUT2D eigenvalue weighted by molar-refractivity contribution is 5.77. The third-order valence-electron chi connectivity index (χ3n) is 3.69. The van der Waals surface area contributed by atoms with Crippen molar-refractivity contribution in [2.45, 2.75) is 26.1 Å². The quantitative estimate of drug-likeness (QED) is 0.702. The van der Waals surface area contributed by atoms with E-state index >= 15 is 0 Å². The van der Waals surface area contributed by atoms with E-state index in [0.29, 0.717) is 22.7 Å². The maximum Gasteiger partial charge on any atom is 0.417 e. The molecule has 5 nitrogen and oxygen atoms in total. The first-order valence-electron chi connectivity index (χ1n) is 8.31. The van der Waals surface area contributed by atoms with Crippen LogP contribution >= 0.6 is 0 Å². The predicted molar refractivity (Wildman–Crippen MR) is 95.7 cm³/mol. The highest BCUT2D eigenvalue weighted by Gasteiger charge is 2.32. The Morgan fingerprint density at radius 2 is 1.96 bits per heavy atom. The van der Waals surface area contributed by atoms with E-state index in [-0.39, 0.29) is 6.61 Å². The molecule has 0 N–H and O–H groups in total. The van der Waals surface area contributed by atoms with E-state index in [4.69, 9.17) is 9.47 Å². The summed E-state index contributed by atoms with van der Waals surface area (Å²) in [6.45, 7) is 3.46. The SMILES string of the molecule is CCOC(=O)C(C)Oc1cccc(-c2cc(C(F)(F)F)cnc2N(C)C)c1. The Morgan fingerprint density at radius 3 is 2.56 bits per heavy atom. The fraction of sp³-hybridized carbons (Fsp3) is 0.368. The number of aromatic nitrogens is 1. The van der Waals surface area contributed by atoms with E-state index in [9.17, 15) is 18.0 Å². The van der Waals surface area contributed by atoms with Crippen LogP contribution in [0.25, 0.3) is 11.1 Å². The summed E-state index contributed by atoms with van der Waals surface area (Å²) in [5.41, 5.74) is -0.0377. The number of hydrogen-bond donors (Lipinski definition) is 0. The molecule has 0 saturated carbocycles. The lowest BCUT2D eigenvalue weighted by atomic mass is 10.0. The average molecular weight is 382 g/mol. The Balaban J connectivity index is 2.42. The summed E-state index contributed by atoms with van der Waals surface area (Å²) in [6.07, 6.45) is -4.53. The van der Waals surface area contributed by atoms with Crippen molar-refractivity contribution in [3.05, 3.63) is 42.1 Å². The van der Waals surface area contributed by atoms with Gasteiger partial charge in [0.1, 0.15) is 11.6 Å². The second-order valence-electron chi connectivity index (χ2n) is 6.03. The van der Waals surface area contributed by atoms with Crippen molar-refractivity contribution < 1.29 is 27.4 Å². The molecule has 27 heavy (non-hydrogen) atoms. The molecule has 1 unspecified atom stereocenters. The van der Waals surface area contributed by atoms with Gasteiger partial charge in [0.2, 0.25) is 0 Å². The van der Waals surface area contributed by atoms with Crippen LogP contribution in [0.2, 0.25) is 0 Å². The molecular weight excluding hydrogens is 361 g/mol. The average Bonchev–Trinajstić information content (AvgIpc) is 2.60. The van der Waals surface area contributed by atoms with Gasteiger partial charge < -0.3 is 14.4 Å². The van der Waals surface area contributed by atoms with Gasteiger partial charge >= 0.3 is 12.1 Å². The first-order valence-corrected chi connectivity index (χ1v) is 8.31. The molecule has 1 aromatic heterocycles. The number of alkyl halides is 3. The molecule has 1 atom stereocenters. The molecule has 1 aromatic carbocycles. The minimum absolute atomic E-state index is 0.231. The zero-order chi connectivity index (χ0) is 20.2. The van der Waals surface area contributed by atoms with Crippen molar-refractivity contribution >= 4 is 11.8 Å². The van der Waals surface area contributed by atoms with Crippen LogP contribution in [0.4, 0.5) is 19.0 Å².